The topological polar surface area (TPSA) is 75.6 Å². The molecule has 1 aromatic carbocycles. The number of carboxylic acids is 1. The number of methoxy groups -OCH3 is 1. The average Bonchev–Trinajstić information content (AvgIpc) is 2.87. The van der Waals surface area contributed by atoms with Crippen molar-refractivity contribution >= 4 is 11.9 Å². The highest BCUT2D eigenvalue weighted by molar-refractivity contribution is 5.94. The predicted molar refractivity (Wildman–Crippen MR) is 69.1 cm³/mol. The molecule has 2 unspecified atom stereocenters. The molecule has 1 amide bonds. The lowest BCUT2D eigenvalue weighted by atomic mass is 10.1. The van der Waals surface area contributed by atoms with Crippen LogP contribution < -0.4 is 10.1 Å². The summed E-state index contributed by atoms with van der Waals surface area (Å²) in [4.78, 5) is 22.7. The summed E-state index contributed by atoms with van der Waals surface area (Å²) in [5, 5.41) is 11.6. The van der Waals surface area contributed by atoms with Gasteiger partial charge in [-0.05, 0) is 30.7 Å². The van der Waals surface area contributed by atoms with Crippen molar-refractivity contribution in [2.75, 3.05) is 7.11 Å². The minimum atomic E-state index is -0.863. The summed E-state index contributed by atoms with van der Waals surface area (Å²) < 4.78 is 5.01. The molecule has 2 N–H and O–H groups in total. The van der Waals surface area contributed by atoms with E-state index in [1.807, 2.05) is 0 Å². The van der Waals surface area contributed by atoms with Crippen molar-refractivity contribution in [1.29, 1.82) is 0 Å². The van der Waals surface area contributed by atoms with Crippen molar-refractivity contribution in [2.24, 2.45) is 5.92 Å². The van der Waals surface area contributed by atoms with Crippen molar-refractivity contribution in [3.05, 3.63) is 42.0 Å². The Balaban J connectivity index is 1.94. The molecule has 2 rings (SSSR count). The molecule has 0 bridgehead atoms. The Bertz CT molecular complexity index is 507. The van der Waals surface area contributed by atoms with Gasteiger partial charge in [-0.15, -0.1) is 0 Å². The van der Waals surface area contributed by atoms with Gasteiger partial charge in [-0.3, -0.25) is 9.59 Å². The fraction of sp³-hybridized carbons (Fsp3) is 0.286. The second kappa shape index (κ2) is 5.56. The van der Waals surface area contributed by atoms with Gasteiger partial charge in [0, 0.05) is 11.6 Å². The van der Waals surface area contributed by atoms with Crippen LogP contribution in [0.4, 0.5) is 0 Å². The van der Waals surface area contributed by atoms with Crippen LogP contribution in [0.3, 0.4) is 0 Å². The Morgan fingerprint density at radius 3 is 2.47 bits per heavy atom. The third kappa shape index (κ3) is 3.13. The highest BCUT2D eigenvalue weighted by Crippen LogP contribution is 2.18. The van der Waals surface area contributed by atoms with Crippen molar-refractivity contribution in [2.45, 2.75) is 12.5 Å². The van der Waals surface area contributed by atoms with Crippen LogP contribution in [0.1, 0.15) is 16.8 Å². The lowest BCUT2D eigenvalue weighted by molar-refractivity contribution is -0.140. The zero-order valence-corrected chi connectivity index (χ0v) is 10.5. The molecular weight excluding hydrogens is 246 g/mol. The lowest BCUT2D eigenvalue weighted by Gasteiger charge is -2.12. The van der Waals surface area contributed by atoms with E-state index in [0.717, 1.165) is 0 Å². The molecule has 0 radical (unpaired) electrons. The average molecular weight is 261 g/mol. The molecule has 0 saturated heterocycles. The molecule has 1 aliphatic rings. The Hall–Kier alpha value is -2.30. The Kier molecular flexibility index (Phi) is 3.85. The van der Waals surface area contributed by atoms with Gasteiger partial charge in [0.05, 0.1) is 13.0 Å². The van der Waals surface area contributed by atoms with Crippen molar-refractivity contribution in [1.82, 2.24) is 5.32 Å². The minimum Gasteiger partial charge on any atom is -0.497 e. The summed E-state index contributed by atoms with van der Waals surface area (Å²) in [6.45, 7) is 0. The van der Waals surface area contributed by atoms with Gasteiger partial charge in [0.2, 0.25) is 0 Å². The lowest BCUT2D eigenvalue weighted by Crippen LogP contribution is -2.33. The first-order valence-corrected chi connectivity index (χ1v) is 5.96. The van der Waals surface area contributed by atoms with Gasteiger partial charge in [-0.1, -0.05) is 12.2 Å². The van der Waals surface area contributed by atoms with Crippen molar-refractivity contribution in [3.8, 4) is 5.75 Å². The fourth-order valence-electron chi connectivity index (χ4n) is 1.98. The Labute approximate surface area is 110 Å². The first-order valence-electron chi connectivity index (χ1n) is 5.96. The molecule has 19 heavy (non-hydrogen) atoms. The molecule has 0 saturated carbocycles. The van der Waals surface area contributed by atoms with Gasteiger partial charge in [0.15, 0.2) is 0 Å². The van der Waals surface area contributed by atoms with Gasteiger partial charge in [0.1, 0.15) is 5.75 Å². The fourth-order valence-corrected chi connectivity index (χ4v) is 1.98. The summed E-state index contributed by atoms with van der Waals surface area (Å²) in [7, 11) is 1.56. The SMILES string of the molecule is COc1ccc(C(=O)NC2C=CC(C(=O)O)C2)cc1. The van der Waals surface area contributed by atoms with Crippen LogP contribution in [0.5, 0.6) is 5.75 Å². The molecule has 0 fully saturated rings. The number of hydrogen-bond donors (Lipinski definition) is 2. The highest BCUT2D eigenvalue weighted by atomic mass is 16.5. The minimum absolute atomic E-state index is 0.219. The summed E-state index contributed by atoms with van der Waals surface area (Å²) >= 11 is 0. The van der Waals surface area contributed by atoms with Gasteiger partial charge < -0.3 is 15.2 Å². The van der Waals surface area contributed by atoms with Gasteiger partial charge >= 0.3 is 5.97 Å². The van der Waals surface area contributed by atoms with E-state index in [0.29, 0.717) is 17.7 Å². The number of hydrogen-bond acceptors (Lipinski definition) is 3. The van der Waals surface area contributed by atoms with Gasteiger partial charge in [-0.25, -0.2) is 0 Å². The van der Waals surface area contributed by atoms with E-state index in [2.05, 4.69) is 5.32 Å². The van der Waals surface area contributed by atoms with E-state index in [9.17, 15) is 9.59 Å². The summed E-state index contributed by atoms with van der Waals surface area (Å²) in [5.74, 6) is -0.912. The van der Waals surface area contributed by atoms with E-state index in [1.165, 1.54) is 0 Å². The molecule has 5 heteroatoms. The maximum atomic E-state index is 11.9. The highest BCUT2D eigenvalue weighted by Gasteiger charge is 2.25. The zero-order valence-electron chi connectivity index (χ0n) is 10.5. The molecule has 0 heterocycles. The zero-order chi connectivity index (χ0) is 13.8. The van der Waals surface area contributed by atoms with E-state index < -0.39 is 11.9 Å². The van der Waals surface area contributed by atoms with E-state index in [-0.39, 0.29) is 11.9 Å². The maximum absolute atomic E-state index is 11.9. The summed E-state index contributed by atoms with van der Waals surface area (Å²) in [6, 6.07) is 6.53. The maximum Gasteiger partial charge on any atom is 0.310 e. The normalized spacial score (nSPS) is 21.1. The summed E-state index contributed by atoms with van der Waals surface area (Å²) in [5.41, 5.74) is 0.521. The number of ether oxygens (including phenoxy) is 1. The number of amides is 1. The number of benzene rings is 1. The smallest absolute Gasteiger partial charge is 0.310 e. The van der Waals surface area contributed by atoms with Gasteiger partial charge in [-0.2, -0.15) is 0 Å². The number of nitrogens with one attached hydrogen (secondary N) is 1. The predicted octanol–water partition coefficient (Wildman–Crippen LogP) is 1.45. The van der Waals surface area contributed by atoms with E-state index in [4.69, 9.17) is 9.84 Å². The number of carbonyl (C=O) groups is 2. The monoisotopic (exact) mass is 261 g/mol. The van der Waals surface area contributed by atoms with Crippen LogP contribution >= 0.6 is 0 Å². The van der Waals surface area contributed by atoms with Crippen LogP contribution in [0.15, 0.2) is 36.4 Å². The molecule has 0 aliphatic heterocycles. The Morgan fingerprint density at radius 2 is 1.95 bits per heavy atom. The first kappa shape index (κ1) is 13.1. The second-order valence-corrected chi connectivity index (χ2v) is 4.37. The first-order chi connectivity index (χ1) is 9.10. The van der Waals surface area contributed by atoms with Crippen LogP contribution in [-0.4, -0.2) is 30.1 Å². The quantitative estimate of drug-likeness (QED) is 0.804. The third-order valence-electron chi connectivity index (χ3n) is 3.07. The molecular formula is C14H15NO4. The van der Waals surface area contributed by atoms with Crippen molar-refractivity contribution in [3.63, 3.8) is 0 Å². The van der Waals surface area contributed by atoms with Crippen LogP contribution in [0.2, 0.25) is 0 Å². The van der Waals surface area contributed by atoms with Gasteiger partial charge in [0.25, 0.3) is 5.91 Å². The molecule has 1 aliphatic carbocycles. The standard InChI is InChI=1S/C14H15NO4/c1-19-12-6-3-9(4-7-12)13(16)15-11-5-2-10(8-11)14(17)18/h2-7,10-11H,8H2,1H3,(H,15,16)(H,17,18). The van der Waals surface area contributed by atoms with Crippen LogP contribution in [0.25, 0.3) is 0 Å². The number of carbonyl (C=O) groups excluding carboxylic acids is 1. The summed E-state index contributed by atoms with van der Waals surface area (Å²) in [6.07, 6.45) is 3.73. The Morgan fingerprint density at radius 1 is 1.26 bits per heavy atom. The van der Waals surface area contributed by atoms with Crippen molar-refractivity contribution < 1.29 is 19.4 Å². The molecule has 0 spiro atoms. The largest absolute Gasteiger partial charge is 0.497 e. The second-order valence-electron chi connectivity index (χ2n) is 4.37. The number of carboxylic acid groups (broad SMARTS) is 1. The van der Waals surface area contributed by atoms with Crippen LogP contribution in [-0.2, 0) is 4.79 Å². The molecule has 5 nitrogen and oxygen atoms in total. The molecule has 100 valence electrons. The third-order valence-corrected chi connectivity index (χ3v) is 3.07. The molecule has 0 aromatic heterocycles. The number of rotatable bonds is 4. The molecule has 1 aromatic rings. The molecule has 2 atom stereocenters. The van der Waals surface area contributed by atoms with E-state index in [1.54, 1.807) is 43.5 Å². The van der Waals surface area contributed by atoms with E-state index >= 15 is 0 Å². The number of aliphatic carboxylic acids is 1. The van der Waals surface area contributed by atoms with Crippen LogP contribution in [0, 0.1) is 5.92 Å².